The van der Waals surface area contributed by atoms with Gasteiger partial charge in [-0.2, -0.15) is 0 Å². The smallest absolute Gasteiger partial charge is 0.247 e. The minimum atomic E-state index is -2.07. The minimum Gasteiger partial charge on any atom is -0.322 e. The molecule has 0 aromatic carbocycles. The topological polar surface area (TPSA) is 18.5 Å². The monoisotopic (exact) mass is 312 g/mol. The van der Waals surface area contributed by atoms with Crippen molar-refractivity contribution in [3.63, 3.8) is 0 Å². The fourth-order valence-electron chi connectivity index (χ4n) is 1.28. The van der Waals surface area contributed by atoms with Gasteiger partial charge in [0.15, 0.2) is 0 Å². The van der Waals surface area contributed by atoms with E-state index in [0.717, 1.165) is 44.6 Å². The maximum absolute atomic E-state index is 5.86. The predicted molar refractivity (Wildman–Crippen MR) is 88.0 cm³/mol. The van der Waals surface area contributed by atoms with Crippen LogP contribution >= 0.6 is 17.1 Å². The molecule has 18 heavy (non-hydrogen) atoms. The lowest BCUT2D eigenvalue weighted by Gasteiger charge is -2.21. The Balaban J connectivity index is 3.99. The molecule has 0 atom stereocenters. The first kappa shape index (κ1) is 18.9. The highest BCUT2D eigenvalue weighted by Gasteiger charge is 2.19. The summed E-state index contributed by atoms with van der Waals surface area (Å²) in [7, 11) is 0. The zero-order chi connectivity index (χ0) is 13.7. The Hall–Kier alpha value is 0.920. The van der Waals surface area contributed by atoms with Gasteiger partial charge < -0.3 is 9.05 Å². The Labute approximate surface area is 123 Å². The van der Waals surface area contributed by atoms with Crippen LogP contribution in [0.25, 0.3) is 0 Å². The van der Waals surface area contributed by atoms with Gasteiger partial charge in [-0.15, -0.1) is 0 Å². The Morgan fingerprint density at radius 3 is 1.78 bits per heavy atom. The fraction of sp³-hybridized carbons (Fsp3) is 1.00. The molecule has 5 heteroatoms. The highest BCUT2D eigenvalue weighted by atomic mass is 32.9. The van der Waals surface area contributed by atoms with E-state index < -0.39 is 5.69 Å². The van der Waals surface area contributed by atoms with Crippen LogP contribution in [0.15, 0.2) is 0 Å². The van der Waals surface area contributed by atoms with Crippen LogP contribution in [0.1, 0.15) is 65.7 Å². The summed E-state index contributed by atoms with van der Waals surface area (Å²) in [5.41, 5.74) is -2.07. The zero-order valence-electron chi connectivity index (χ0n) is 12.2. The van der Waals surface area contributed by atoms with Crippen molar-refractivity contribution in [2.24, 2.45) is 0 Å². The Morgan fingerprint density at radius 1 is 0.833 bits per heavy atom. The number of unbranched alkanes of at least 4 members (excludes halogenated alkanes) is 4. The summed E-state index contributed by atoms with van der Waals surface area (Å²) in [5, 5.41) is 0. The molecule has 110 valence electrons. The molecule has 0 aromatic heterocycles. The fourth-order valence-corrected chi connectivity index (χ4v) is 5.84. The molecule has 0 fully saturated rings. The molecule has 0 bridgehead atoms. The second-order valence-corrected chi connectivity index (χ2v) is 10.8. The molecule has 2 nitrogen and oxygen atoms in total. The molecule has 0 saturated heterocycles. The van der Waals surface area contributed by atoms with E-state index in [1.165, 1.54) is 19.3 Å². The summed E-state index contributed by atoms with van der Waals surface area (Å²) in [4.78, 5) is 0. The Kier molecular flexibility index (Phi) is 13.6. The zero-order valence-corrected chi connectivity index (χ0v) is 14.7. The molecule has 0 N–H and O–H groups in total. The first-order valence-electron chi connectivity index (χ1n) is 7.22. The van der Waals surface area contributed by atoms with Crippen LogP contribution in [0.3, 0.4) is 0 Å². The number of hydrogen-bond donors (Lipinski definition) is 0. The number of rotatable bonds is 13. The van der Waals surface area contributed by atoms with Crippen LogP contribution < -0.4 is 0 Å². The maximum atomic E-state index is 5.86. The minimum absolute atomic E-state index is 0.751. The van der Waals surface area contributed by atoms with Crippen molar-refractivity contribution < 1.29 is 9.05 Å². The predicted octanol–water partition coefficient (Wildman–Crippen LogP) is 5.77. The first-order chi connectivity index (χ1) is 8.68. The van der Waals surface area contributed by atoms with Crippen molar-refractivity contribution in [1.29, 1.82) is 0 Å². The van der Waals surface area contributed by atoms with Crippen molar-refractivity contribution in [2.45, 2.75) is 65.7 Å². The van der Waals surface area contributed by atoms with E-state index in [0.29, 0.717) is 0 Å². The van der Waals surface area contributed by atoms with Crippen molar-refractivity contribution in [3.8, 4) is 0 Å². The molecule has 0 spiro atoms. The summed E-state index contributed by atoms with van der Waals surface area (Å²) in [6, 6.07) is 0. The van der Waals surface area contributed by atoms with Gasteiger partial charge in [-0.1, -0.05) is 57.8 Å². The standard InChI is InChI=1S/C13H29O2PS2/c1-4-7-10-13-18-16(17,14-11-8-5-2)15-12-9-6-3/h4-13H2,1-3H3. The van der Waals surface area contributed by atoms with Crippen molar-refractivity contribution in [3.05, 3.63) is 0 Å². The molecule has 0 aliphatic heterocycles. The van der Waals surface area contributed by atoms with Crippen LogP contribution in [0, 0.1) is 0 Å². The molecule has 0 amide bonds. The van der Waals surface area contributed by atoms with Crippen molar-refractivity contribution in [2.75, 3.05) is 19.0 Å². The molecule has 0 rings (SSSR count). The molecule has 0 unspecified atom stereocenters. The van der Waals surface area contributed by atoms with Gasteiger partial charge in [0.1, 0.15) is 0 Å². The second-order valence-electron chi connectivity index (χ2n) is 4.36. The summed E-state index contributed by atoms with van der Waals surface area (Å²) < 4.78 is 11.7. The van der Waals surface area contributed by atoms with Crippen LogP contribution in [0.4, 0.5) is 0 Å². The molecule has 0 heterocycles. The van der Waals surface area contributed by atoms with E-state index in [1.54, 1.807) is 11.4 Å². The van der Waals surface area contributed by atoms with Gasteiger partial charge in [-0.05, 0) is 31.1 Å². The Morgan fingerprint density at radius 2 is 1.33 bits per heavy atom. The summed E-state index contributed by atoms with van der Waals surface area (Å²) in [6.07, 6.45) is 8.17. The van der Waals surface area contributed by atoms with Gasteiger partial charge in [-0.25, -0.2) is 0 Å². The largest absolute Gasteiger partial charge is 0.322 e. The van der Waals surface area contributed by atoms with E-state index in [4.69, 9.17) is 20.9 Å². The van der Waals surface area contributed by atoms with Gasteiger partial charge in [0, 0.05) is 5.75 Å². The van der Waals surface area contributed by atoms with Crippen LogP contribution in [-0.4, -0.2) is 19.0 Å². The van der Waals surface area contributed by atoms with E-state index in [-0.39, 0.29) is 0 Å². The van der Waals surface area contributed by atoms with Crippen molar-refractivity contribution in [1.82, 2.24) is 0 Å². The van der Waals surface area contributed by atoms with Crippen LogP contribution in [0.2, 0.25) is 0 Å². The summed E-state index contributed by atoms with van der Waals surface area (Å²) in [6.45, 7) is 8.05. The van der Waals surface area contributed by atoms with Crippen LogP contribution in [-0.2, 0) is 20.9 Å². The lowest BCUT2D eigenvalue weighted by atomic mass is 10.3. The average Bonchev–Trinajstić information content (AvgIpc) is 2.36. The SMILES string of the molecule is CCCCCSP(=S)(OCCCC)OCCCC. The highest BCUT2D eigenvalue weighted by molar-refractivity contribution is 8.67. The number of hydrogen-bond acceptors (Lipinski definition) is 4. The van der Waals surface area contributed by atoms with Crippen molar-refractivity contribution >= 4 is 28.9 Å². The van der Waals surface area contributed by atoms with Gasteiger partial charge >= 0.3 is 0 Å². The molecule has 0 saturated carbocycles. The lowest BCUT2D eigenvalue weighted by Crippen LogP contribution is -1.97. The van der Waals surface area contributed by atoms with Gasteiger partial charge in [0.25, 0.3) is 0 Å². The summed E-state index contributed by atoms with van der Waals surface area (Å²) >= 11 is 7.35. The molecule has 0 aliphatic rings. The van der Waals surface area contributed by atoms with Crippen LogP contribution in [0.5, 0.6) is 0 Å². The maximum Gasteiger partial charge on any atom is 0.247 e. The van der Waals surface area contributed by atoms with E-state index in [1.807, 2.05) is 0 Å². The molecular formula is C13H29O2PS2. The normalized spacial score (nSPS) is 11.9. The van der Waals surface area contributed by atoms with E-state index in [9.17, 15) is 0 Å². The van der Waals surface area contributed by atoms with E-state index >= 15 is 0 Å². The highest BCUT2D eigenvalue weighted by Crippen LogP contribution is 2.61. The first-order valence-corrected chi connectivity index (χ1v) is 11.4. The van der Waals surface area contributed by atoms with E-state index in [2.05, 4.69) is 20.8 Å². The molecule has 0 radical (unpaired) electrons. The van der Waals surface area contributed by atoms with Gasteiger partial charge in [-0.3, -0.25) is 0 Å². The van der Waals surface area contributed by atoms with Gasteiger partial charge in [0.2, 0.25) is 5.69 Å². The Bertz CT molecular complexity index is 211. The van der Waals surface area contributed by atoms with Gasteiger partial charge in [0.05, 0.1) is 13.2 Å². The molecular weight excluding hydrogens is 283 g/mol. The lowest BCUT2D eigenvalue weighted by molar-refractivity contribution is 0.253. The third-order valence-electron chi connectivity index (χ3n) is 2.49. The summed E-state index contributed by atoms with van der Waals surface area (Å²) in [5.74, 6) is 1.07. The molecule has 0 aromatic rings. The average molecular weight is 312 g/mol. The third kappa shape index (κ3) is 10.8. The third-order valence-corrected chi connectivity index (χ3v) is 7.99. The second kappa shape index (κ2) is 12.9. The molecule has 0 aliphatic carbocycles. The quantitative estimate of drug-likeness (QED) is 0.317.